The molecule has 3 aliphatic rings. The second-order valence-corrected chi connectivity index (χ2v) is 11.0. The van der Waals surface area contributed by atoms with Crippen molar-refractivity contribution in [1.29, 1.82) is 0 Å². The van der Waals surface area contributed by atoms with Gasteiger partial charge in [-0.1, -0.05) is 6.07 Å². The number of fused-ring (bicyclic) bond motifs is 1. The van der Waals surface area contributed by atoms with Crippen molar-refractivity contribution in [2.45, 2.75) is 45.4 Å². The van der Waals surface area contributed by atoms with E-state index in [1.807, 2.05) is 18.2 Å². The first-order chi connectivity index (χ1) is 17.5. The maximum atomic E-state index is 14.3. The third kappa shape index (κ3) is 4.47. The Labute approximate surface area is 211 Å². The third-order valence-electron chi connectivity index (χ3n) is 8.29. The van der Waals surface area contributed by atoms with Crippen LogP contribution in [0.1, 0.15) is 54.4 Å². The highest BCUT2D eigenvalue weighted by molar-refractivity contribution is 6.10. The van der Waals surface area contributed by atoms with Crippen LogP contribution in [0.5, 0.6) is 5.75 Å². The zero-order valence-corrected chi connectivity index (χ0v) is 21.0. The lowest BCUT2D eigenvalue weighted by Gasteiger charge is -2.36. The number of carbonyl (C=O) groups excluding carboxylic acids is 1. The average molecular weight is 488 g/mol. The average Bonchev–Trinajstić information content (AvgIpc) is 3.62. The van der Waals surface area contributed by atoms with Crippen LogP contribution >= 0.6 is 0 Å². The van der Waals surface area contributed by atoms with E-state index in [1.54, 1.807) is 19.2 Å². The summed E-state index contributed by atoms with van der Waals surface area (Å²) in [5.74, 6) is 0.0917. The maximum Gasteiger partial charge on any atom is 0.169 e. The minimum absolute atomic E-state index is 0.118. The first kappa shape index (κ1) is 23.4. The minimum Gasteiger partial charge on any atom is -0.505 e. The second kappa shape index (κ2) is 9.47. The van der Waals surface area contributed by atoms with Crippen LogP contribution in [-0.2, 0) is 0 Å². The molecule has 3 heterocycles. The van der Waals surface area contributed by atoms with Gasteiger partial charge in [-0.3, -0.25) is 9.78 Å². The van der Waals surface area contributed by atoms with Gasteiger partial charge in [0.25, 0.3) is 0 Å². The van der Waals surface area contributed by atoms with Gasteiger partial charge in [-0.15, -0.1) is 0 Å². The maximum absolute atomic E-state index is 14.3. The van der Waals surface area contributed by atoms with Crippen molar-refractivity contribution in [2.75, 3.05) is 37.6 Å². The highest BCUT2D eigenvalue weighted by Crippen LogP contribution is 2.40. The van der Waals surface area contributed by atoms with E-state index < -0.39 is 5.82 Å². The summed E-state index contributed by atoms with van der Waals surface area (Å²) in [6.45, 7) is 7.22. The van der Waals surface area contributed by atoms with Crippen LogP contribution in [0.2, 0.25) is 0 Å². The fourth-order valence-corrected chi connectivity index (χ4v) is 6.02. The smallest absolute Gasteiger partial charge is 0.169 e. The van der Waals surface area contributed by atoms with Crippen molar-refractivity contribution in [2.24, 2.45) is 11.8 Å². The summed E-state index contributed by atoms with van der Waals surface area (Å²) in [5.41, 5.74) is 4.63. The van der Waals surface area contributed by atoms with Crippen molar-refractivity contribution >= 4 is 22.4 Å². The number of piperidine rings is 1. The molecule has 36 heavy (non-hydrogen) atoms. The molecule has 2 aromatic carbocycles. The molecule has 3 aromatic rings. The molecule has 3 fully saturated rings. The number of aromatic hydroxyl groups is 1. The Bertz CT molecular complexity index is 1280. The number of pyridine rings is 1. The Morgan fingerprint density at radius 3 is 2.47 bits per heavy atom. The number of halogens is 1. The van der Waals surface area contributed by atoms with Gasteiger partial charge in [-0.25, -0.2) is 4.39 Å². The van der Waals surface area contributed by atoms with Crippen molar-refractivity contribution in [3.8, 4) is 16.9 Å². The number of likely N-dealkylation sites (tertiary alicyclic amines) is 1. The number of hydrogen-bond acceptors (Lipinski definition) is 5. The molecule has 1 saturated carbocycles. The van der Waals surface area contributed by atoms with Crippen LogP contribution in [0, 0.1) is 24.6 Å². The van der Waals surface area contributed by atoms with E-state index in [0.717, 1.165) is 66.5 Å². The third-order valence-corrected chi connectivity index (χ3v) is 8.29. The fourth-order valence-electron chi connectivity index (χ4n) is 6.02. The molecule has 2 aliphatic heterocycles. The minimum atomic E-state index is -0.624. The topological polar surface area (TPSA) is 56.7 Å². The van der Waals surface area contributed by atoms with Crippen LogP contribution in [0.15, 0.2) is 36.5 Å². The van der Waals surface area contributed by atoms with Crippen molar-refractivity contribution < 1.29 is 14.3 Å². The molecule has 6 rings (SSSR count). The number of phenolic OH excluding ortho intramolecular Hbond substituents is 1. The molecule has 6 heteroatoms. The lowest BCUT2D eigenvalue weighted by molar-refractivity contribution is 0.0968. The van der Waals surface area contributed by atoms with Crippen LogP contribution in [-0.4, -0.2) is 53.5 Å². The lowest BCUT2D eigenvalue weighted by atomic mass is 9.93. The van der Waals surface area contributed by atoms with Gasteiger partial charge >= 0.3 is 0 Å². The van der Waals surface area contributed by atoms with Gasteiger partial charge in [-0.2, -0.15) is 0 Å². The number of phenols is 1. The Hall–Kier alpha value is -2.99. The molecule has 0 spiro atoms. The summed E-state index contributed by atoms with van der Waals surface area (Å²) < 4.78 is 14.3. The number of hydrogen-bond donors (Lipinski definition) is 1. The molecule has 0 unspecified atom stereocenters. The summed E-state index contributed by atoms with van der Waals surface area (Å²) in [6.07, 6.45) is 8.58. The monoisotopic (exact) mass is 487 g/mol. The van der Waals surface area contributed by atoms with Crippen LogP contribution < -0.4 is 4.90 Å². The summed E-state index contributed by atoms with van der Waals surface area (Å²) in [7, 11) is 0. The summed E-state index contributed by atoms with van der Waals surface area (Å²) in [4.78, 5) is 23.0. The zero-order valence-electron chi connectivity index (χ0n) is 21.0. The standard InChI is InChI=1S/C30H34FN3O2/c1-19-14-23(16-26(31)29(19)35)22-6-7-27-24(15-22)28(25(17-32-27)30(36)21-4-5-21)34-12-8-20(9-13-34)18-33-10-2-3-11-33/h6-7,14-17,20-21,35H,2-5,8-13,18H2,1H3. The first-order valence-electron chi connectivity index (χ1n) is 13.4. The molecule has 1 aliphatic carbocycles. The van der Waals surface area contributed by atoms with Gasteiger partial charge in [0.05, 0.1) is 16.8 Å². The Balaban J connectivity index is 1.37. The van der Waals surface area contributed by atoms with E-state index in [1.165, 1.54) is 38.5 Å². The number of ketones is 1. The van der Waals surface area contributed by atoms with Gasteiger partial charge in [0.15, 0.2) is 17.3 Å². The van der Waals surface area contributed by atoms with Gasteiger partial charge in [0, 0.05) is 37.1 Å². The fraction of sp³-hybridized carbons (Fsp3) is 0.467. The van der Waals surface area contributed by atoms with Gasteiger partial charge in [0.1, 0.15) is 0 Å². The first-order valence-corrected chi connectivity index (χ1v) is 13.4. The number of aryl methyl sites for hydroxylation is 1. The van der Waals surface area contributed by atoms with Crippen molar-refractivity contribution in [1.82, 2.24) is 9.88 Å². The summed E-state index contributed by atoms with van der Waals surface area (Å²) in [6, 6.07) is 9.12. The molecule has 0 radical (unpaired) electrons. The van der Waals surface area contributed by atoms with Crippen LogP contribution in [0.25, 0.3) is 22.0 Å². The van der Waals surface area contributed by atoms with E-state index >= 15 is 0 Å². The molecule has 2 saturated heterocycles. The molecule has 1 aromatic heterocycles. The predicted octanol–water partition coefficient (Wildman–Crippen LogP) is 5.96. The summed E-state index contributed by atoms with van der Waals surface area (Å²) in [5, 5.41) is 10.8. The number of rotatable bonds is 6. The Kier molecular flexibility index (Phi) is 6.16. The van der Waals surface area contributed by atoms with Crippen molar-refractivity contribution in [3.05, 3.63) is 53.5 Å². The number of Topliss-reactive ketones (excluding diaryl/α,β-unsaturated/α-hetero) is 1. The van der Waals surface area contributed by atoms with E-state index in [4.69, 9.17) is 0 Å². The predicted molar refractivity (Wildman–Crippen MR) is 141 cm³/mol. The number of carbonyl (C=O) groups is 1. The quantitative estimate of drug-likeness (QED) is 0.435. The SMILES string of the molecule is Cc1cc(-c2ccc3ncc(C(=O)C4CC4)c(N4CCC(CN5CCCC5)CC4)c3c2)cc(F)c1O. The largest absolute Gasteiger partial charge is 0.505 e. The second-order valence-electron chi connectivity index (χ2n) is 11.0. The zero-order chi connectivity index (χ0) is 24.8. The lowest BCUT2D eigenvalue weighted by Crippen LogP contribution is -2.39. The molecule has 0 bridgehead atoms. The van der Waals surface area contributed by atoms with Crippen LogP contribution in [0.4, 0.5) is 10.1 Å². The summed E-state index contributed by atoms with van der Waals surface area (Å²) >= 11 is 0. The normalized spacial score (nSPS) is 19.3. The number of anilines is 1. The van der Waals surface area contributed by atoms with E-state index in [2.05, 4.69) is 14.8 Å². The Morgan fingerprint density at radius 2 is 1.78 bits per heavy atom. The van der Waals surface area contributed by atoms with E-state index in [0.29, 0.717) is 17.0 Å². The van der Waals surface area contributed by atoms with Crippen LogP contribution in [0.3, 0.4) is 0 Å². The molecule has 1 N–H and O–H groups in total. The van der Waals surface area contributed by atoms with E-state index in [9.17, 15) is 14.3 Å². The molecule has 5 nitrogen and oxygen atoms in total. The highest BCUT2D eigenvalue weighted by atomic mass is 19.1. The molecular formula is C30H34FN3O2. The number of aromatic nitrogens is 1. The van der Waals surface area contributed by atoms with Gasteiger partial charge in [-0.05, 0) is 105 Å². The highest BCUT2D eigenvalue weighted by Gasteiger charge is 2.34. The van der Waals surface area contributed by atoms with Gasteiger partial charge < -0.3 is 14.9 Å². The van der Waals surface area contributed by atoms with Crippen molar-refractivity contribution in [3.63, 3.8) is 0 Å². The molecule has 0 amide bonds. The number of benzene rings is 2. The van der Waals surface area contributed by atoms with E-state index in [-0.39, 0.29) is 17.5 Å². The Morgan fingerprint density at radius 1 is 1.03 bits per heavy atom. The number of nitrogens with zero attached hydrogens (tertiary/aromatic N) is 3. The molecular weight excluding hydrogens is 453 g/mol. The molecule has 0 atom stereocenters. The van der Waals surface area contributed by atoms with Gasteiger partial charge in [0.2, 0.25) is 0 Å². The molecule has 188 valence electrons.